The van der Waals surface area contributed by atoms with E-state index in [1.54, 1.807) is 6.08 Å². The maximum absolute atomic E-state index is 4.52. The molecule has 0 radical (unpaired) electrons. The van der Waals surface area contributed by atoms with Crippen LogP contribution in [0.5, 0.6) is 0 Å². The van der Waals surface area contributed by atoms with Gasteiger partial charge in [-0.3, -0.25) is 10.3 Å². The van der Waals surface area contributed by atoms with Gasteiger partial charge in [-0.15, -0.1) is 5.73 Å². The summed E-state index contributed by atoms with van der Waals surface area (Å²) in [6.45, 7) is 16.1. The Kier molecular flexibility index (Phi) is 10.0. The lowest BCUT2D eigenvalue weighted by Crippen LogP contribution is -2.25. The highest BCUT2D eigenvalue weighted by Gasteiger charge is 2.19. The molecule has 200 valence electrons. The van der Waals surface area contributed by atoms with Crippen LogP contribution in [0.15, 0.2) is 145 Å². The fourth-order valence-corrected chi connectivity index (χ4v) is 5.14. The van der Waals surface area contributed by atoms with Gasteiger partial charge in [0.25, 0.3) is 0 Å². The molecular weight excluding hydrogens is 484 g/mol. The topological polar surface area (TPSA) is 24.4 Å². The fourth-order valence-electron chi connectivity index (χ4n) is 5.14. The highest BCUT2D eigenvalue weighted by Crippen LogP contribution is 2.38. The molecule has 0 aromatic heterocycles. The number of allylic oxidation sites excluding steroid dienone is 2. The molecule has 2 unspecified atom stereocenters. The van der Waals surface area contributed by atoms with Crippen LogP contribution < -0.4 is 5.32 Å². The zero-order valence-corrected chi connectivity index (χ0v) is 23.6. The summed E-state index contributed by atoms with van der Waals surface area (Å²) in [7, 11) is 0. The summed E-state index contributed by atoms with van der Waals surface area (Å²) in [5.74, 6) is 0. The first-order chi connectivity index (χ1) is 19.5. The predicted octanol–water partition coefficient (Wildman–Crippen LogP) is 9.77. The van der Waals surface area contributed by atoms with Crippen LogP contribution in [0.2, 0.25) is 0 Å². The number of hydrogen-bond donors (Lipinski definition) is 1. The molecule has 2 heteroatoms. The fraction of sp³-hybridized carbons (Fsp3) is 0.158. The molecule has 0 fully saturated rings. The maximum atomic E-state index is 4.52. The average molecular weight is 523 g/mol. The number of benzene rings is 4. The standard InChI is InChI=1S/C38H38N2/c1-6-7-8-12-25-36(30-18-10-9-11-19-30)40-38(39-5)33-22-16-21-32(27-33)35-24-15-17-29(4)37(35)34-23-14-13-20-31(34)26-28(2)3/h6-7,9-24,27,36,38,40H,1-2,5,25-26H2,3-4H3. The summed E-state index contributed by atoms with van der Waals surface area (Å²) in [6, 6.07) is 34.3. The van der Waals surface area contributed by atoms with E-state index < -0.39 is 0 Å². The second-order valence-electron chi connectivity index (χ2n) is 10.1. The third-order valence-electron chi connectivity index (χ3n) is 6.99. The summed E-state index contributed by atoms with van der Waals surface area (Å²) >= 11 is 0. The maximum Gasteiger partial charge on any atom is 0.125 e. The van der Waals surface area contributed by atoms with E-state index >= 15 is 0 Å². The van der Waals surface area contributed by atoms with Crippen LogP contribution in [-0.2, 0) is 6.42 Å². The molecule has 4 aromatic carbocycles. The molecule has 2 atom stereocenters. The van der Waals surface area contributed by atoms with Crippen molar-refractivity contribution in [1.82, 2.24) is 5.32 Å². The molecule has 0 heterocycles. The van der Waals surface area contributed by atoms with Crippen molar-refractivity contribution < 1.29 is 0 Å². The Balaban J connectivity index is 1.73. The van der Waals surface area contributed by atoms with Crippen LogP contribution in [0, 0.1) is 6.92 Å². The van der Waals surface area contributed by atoms with Crippen molar-refractivity contribution in [2.75, 3.05) is 0 Å². The van der Waals surface area contributed by atoms with E-state index in [-0.39, 0.29) is 12.2 Å². The summed E-state index contributed by atoms with van der Waals surface area (Å²) in [5.41, 5.74) is 14.0. The Hall–Kier alpha value is -4.49. The number of nitrogens with zero attached hydrogens (tertiary/aromatic N) is 1. The van der Waals surface area contributed by atoms with E-state index in [1.807, 2.05) is 18.2 Å². The van der Waals surface area contributed by atoms with Gasteiger partial charge in [0.05, 0.1) is 0 Å². The first-order valence-electron chi connectivity index (χ1n) is 13.7. The van der Waals surface area contributed by atoms with Gasteiger partial charge < -0.3 is 0 Å². The molecule has 4 aromatic rings. The zero-order valence-electron chi connectivity index (χ0n) is 23.6. The number of nitrogens with one attached hydrogen (secondary N) is 1. The van der Waals surface area contributed by atoms with E-state index in [0.29, 0.717) is 0 Å². The largest absolute Gasteiger partial charge is 0.285 e. The summed E-state index contributed by atoms with van der Waals surface area (Å²) < 4.78 is 0. The number of rotatable bonds is 12. The first kappa shape index (κ1) is 28.5. The normalized spacial score (nSPS) is 12.1. The Morgan fingerprint density at radius 3 is 2.35 bits per heavy atom. The SMILES string of the molecule is C=CC=C=CCC(NC(N=C)c1cccc(-c2cccc(C)c2-c2ccccc2CC(=C)C)c1)c1ccccc1. The van der Waals surface area contributed by atoms with E-state index in [0.717, 1.165) is 29.5 Å². The molecule has 0 saturated carbocycles. The second-order valence-corrected chi connectivity index (χ2v) is 10.1. The van der Waals surface area contributed by atoms with Gasteiger partial charge in [0, 0.05) is 6.04 Å². The van der Waals surface area contributed by atoms with Gasteiger partial charge in [-0.05, 0) is 96.1 Å². The van der Waals surface area contributed by atoms with Crippen LogP contribution >= 0.6 is 0 Å². The Morgan fingerprint density at radius 2 is 1.60 bits per heavy atom. The highest BCUT2D eigenvalue weighted by molar-refractivity contribution is 5.87. The van der Waals surface area contributed by atoms with Crippen LogP contribution in [-0.4, -0.2) is 6.72 Å². The van der Waals surface area contributed by atoms with Crippen molar-refractivity contribution >= 4 is 6.72 Å². The third-order valence-corrected chi connectivity index (χ3v) is 6.99. The summed E-state index contributed by atoms with van der Waals surface area (Å²) in [4.78, 5) is 4.52. The van der Waals surface area contributed by atoms with Crippen molar-refractivity contribution in [1.29, 1.82) is 0 Å². The average Bonchev–Trinajstić information content (AvgIpc) is 2.97. The lowest BCUT2D eigenvalue weighted by Gasteiger charge is -2.24. The highest BCUT2D eigenvalue weighted by atomic mass is 15.1. The van der Waals surface area contributed by atoms with Gasteiger partial charge in [-0.1, -0.05) is 116 Å². The monoisotopic (exact) mass is 522 g/mol. The molecule has 4 rings (SSSR count). The molecule has 0 saturated heterocycles. The molecule has 0 aliphatic heterocycles. The van der Waals surface area contributed by atoms with Gasteiger partial charge in [0.1, 0.15) is 6.17 Å². The van der Waals surface area contributed by atoms with Crippen molar-refractivity contribution in [3.63, 3.8) is 0 Å². The quantitative estimate of drug-likeness (QED) is 0.0851. The van der Waals surface area contributed by atoms with Gasteiger partial charge >= 0.3 is 0 Å². The molecule has 0 aliphatic rings. The molecule has 0 amide bonds. The third kappa shape index (κ3) is 7.12. The smallest absolute Gasteiger partial charge is 0.125 e. The van der Waals surface area contributed by atoms with Crippen molar-refractivity contribution in [2.24, 2.45) is 4.99 Å². The Morgan fingerprint density at radius 1 is 0.900 bits per heavy atom. The minimum Gasteiger partial charge on any atom is -0.285 e. The lowest BCUT2D eigenvalue weighted by atomic mass is 9.87. The van der Waals surface area contributed by atoms with Crippen LogP contribution in [0.4, 0.5) is 0 Å². The van der Waals surface area contributed by atoms with Crippen LogP contribution in [0.1, 0.15) is 47.8 Å². The summed E-state index contributed by atoms with van der Waals surface area (Å²) in [6.07, 6.45) is 6.94. The number of hydrogen-bond acceptors (Lipinski definition) is 2. The molecule has 1 N–H and O–H groups in total. The molecular formula is C38H38N2. The number of aliphatic imine (C=N–C) groups is 1. The van der Waals surface area contributed by atoms with Crippen molar-refractivity contribution in [2.45, 2.75) is 38.9 Å². The van der Waals surface area contributed by atoms with E-state index in [4.69, 9.17) is 0 Å². The molecule has 40 heavy (non-hydrogen) atoms. The van der Waals surface area contributed by atoms with E-state index in [1.165, 1.54) is 33.4 Å². The summed E-state index contributed by atoms with van der Waals surface area (Å²) in [5, 5.41) is 3.73. The second kappa shape index (κ2) is 14.1. The van der Waals surface area contributed by atoms with E-state index in [2.05, 4.69) is 141 Å². The van der Waals surface area contributed by atoms with Crippen LogP contribution in [0.3, 0.4) is 0 Å². The van der Waals surface area contributed by atoms with Gasteiger partial charge in [0.2, 0.25) is 0 Å². The molecule has 0 aliphatic carbocycles. The minimum absolute atomic E-state index is 0.0506. The minimum atomic E-state index is -0.272. The molecule has 0 spiro atoms. The lowest BCUT2D eigenvalue weighted by molar-refractivity contribution is 0.459. The van der Waals surface area contributed by atoms with E-state index in [9.17, 15) is 0 Å². The Bertz CT molecular complexity index is 1540. The predicted molar refractivity (Wildman–Crippen MR) is 173 cm³/mol. The van der Waals surface area contributed by atoms with Gasteiger partial charge in [-0.2, -0.15) is 0 Å². The molecule has 0 bridgehead atoms. The zero-order chi connectivity index (χ0) is 28.3. The van der Waals surface area contributed by atoms with Crippen LogP contribution in [0.25, 0.3) is 22.3 Å². The van der Waals surface area contributed by atoms with Crippen molar-refractivity contribution in [3.05, 3.63) is 162 Å². The first-order valence-corrected chi connectivity index (χ1v) is 13.7. The van der Waals surface area contributed by atoms with Crippen molar-refractivity contribution in [3.8, 4) is 22.3 Å². The van der Waals surface area contributed by atoms with Gasteiger partial charge in [-0.25, -0.2) is 0 Å². The Labute approximate surface area is 239 Å². The number of aryl methyl sites for hydroxylation is 1. The van der Waals surface area contributed by atoms with Gasteiger partial charge in [0.15, 0.2) is 0 Å². The molecule has 2 nitrogen and oxygen atoms in total.